The van der Waals surface area contributed by atoms with E-state index in [0.29, 0.717) is 11.3 Å². The fourth-order valence-corrected chi connectivity index (χ4v) is 3.78. The molecule has 0 saturated carbocycles. The van der Waals surface area contributed by atoms with Crippen LogP contribution in [0.15, 0.2) is 48.1 Å². The highest BCUT2D eigenvalue weighted by molar-refractivity contribution is 5.93. The maximum atomic E-state index is 12.9. The monoisotopic (exact) mass is 384 g/mol. The van der Waals surface area contributed by atoms with E-state index < -0.39 is 5.60 Å². The molecule has 3 heteroatoms. The van der Waals surface area contributed by atoms with Crippen LogP contribution in [0.4, 0.5) is 0 Å². The standard InChI is InChI=1S/C25H36O3/c1-8-9-12-18-13-10-11-14-20(18)28-22(26)19-15-16-25(27,24(5,6)7)21(17-19)23(2,3)4/h10-11,13-17,21,27H,8-9,12H2,1-7H3. The number of unbranched alkanes of at least 4 members (excludes halogenated alkanes) is 1. The van der Waals surface area contributed by atoms with E-state index in [9.17, 15) is 9.90 Å². The van der Waals surface area contributed by atoms with Crippen LogP contribution >= 0.6 is 0 Å². The average Bonchev–Trinajstić information content (AvgIpc) is 2.59. The maximum Gasteiger partial charge on any atom is 0.343 e. The van der Waals surface area contributed by atoms with Gasteiger partial charge in [-0.3, -0.25) is 0 Å². The van der Waals surface area contributed by atoms with E-state index in [2.05, 4.69) is 27.7 Å². The summed E-state index contributed by atoms with van der Waals surface area (Å²) >= 11 is 0. The van der Waals surface area contributed by atoms with Gasteiger partial charge in [0.25, 0.3) is 0 Å². The van der Waals surface area contributed by atoms with Gasteiger partial charge in [-0.05, 0) is 41.4 Å². The van der Waals surface area contributed by atoms with E-state index in [1.54, 1.807) is 12.2 Å². The molecule has 2 atom stereocenters. The fourth-order valence-electron chi connectivity index (χ4n) is 3.78. The molecule has 154 valence electrons. The second-order valence-corrected chi connectivity index (χ2v) is 9.98. The zero-order valence-electron chi connectivity index (χ0n) is 18.5. The highest BCUT2D eigenvalue weighted by Gasteiger charge is 2.50. The Kier molecular flexibility index (Phi) is 6.60. The van der Waals surface area contributed by atoms with E-state index >= 15 is 0 Å². The van der Waals surface area contributed by atoms with Gasteiger partial charge in [0, 0.05) is 5.92 Å². The van der Waals surface area contributed by atoms with Crippen molar-refractivity contribution in [2.45, 2.75) is 73.3 Å². The lowest BCUT2D eigenvalue weighted by Gasteiger charge is -2.49. The van der Waals surface area contributed by atoms with Gasteiger partial charge < -0.3 is 9.84 Å². The second kappa shape index (κ2) is 8.24. The van der Waals surface area contributed by atoms with Crippen LogP contribution in [0.3, 0.4) is 0 Å². The zero-order valence-corrected chi connectivity index (χ0v) is 18.5. The second-order valence-electron chi connectivity index (χ2n) is 9.98. The summed E-state index contributed by atoms with van der Waals surface area (Å²) in [4.78, 5) is 12.9. The Morgan fingerprint density at radius 2 is 1.79 bits per heavy atom. The van der Waals surface area contributed by atoms with Gasteiger partial charge in [0.05, 0.1) is 11.2 Å². The third kappa shape index (κ3) is 4.75. The van der Waals surface area contributed by atoms with E-state index in [4.69, 9.17) is 4.74 Å². The highest BCUT2D eigenvalue weighted by Crippen LogP contribution is 2.48. The van der Waals surface area contributed by atoms with Crippen molar-refractivity contribution in [3.05, 3.63) is 53.6 Å². The van der Waals surface area contributed by atoms with Gasteiger partial charge in [-0.2, -0.15) is 0 Å². The number of benzene rings is 1. The zero-order chi connectivity index (χ0) is 21.2. The molecule has 0 saturated heterocycles. The van der Waals surface area contributed by atoms with E-state index in [0.717, 1.165) is 24.8 Å². The molecule has 2 rings (SSSR count). The molecule has 2 unspecified atom stereocenters. The molecule has 1 aromatic carbocycles. The molecule has 1 N–H and O–H groups in total. The average molecular weight is 385 g/mol. The van der Waals surface area contributed by atoms with Crippen molar-refractivity contribution >= 4 is 5.97 Å². The Hall–Kier alpha value is -1.87. The van der Waals surface area contributed by atoms with Crippen LogP contribution in [0.5, 0.6) is 5.75 Å². The molecule has 1 aliphatic rings. The summed E-state index contributed by atoms with van der Waals surface area (Å²) in [7, 11) is 0. The first-order chi connectivity index (χ1) is 12.9. The molecule has 1 aromatic rings. The molecule has 0 aliphatic heterocycles. The van der Waals surface area contributed by atoms with Crippen LogP contribution < -0.4 is 4.74 Å². The summed E-state index contributed by atoms with van der Waals surface area (Å²) < 4.78 is 5.76. The summed E-state index contributed by atoms with van der Waals surface area (Å²) in [5, 5.41) is 11.5. The lowest BCUT2D eigenvalue weighted by atomic mass is 9.59. The van der Waals surface area contributed by atoms with Crippen LogP contribution in [0.1, 0.15) is 66.9 Å². The van der Waals surface area contributed by atoms with Gasteiger partial charge >= 0.3 is 5.97 Å². The van der Waals surface area contributed by atoms with E-state index in [1.165, 1.54) is 0 Å². The third-order valence-electron chi connectivity index (χ3n) is 5.68. The van der Waals surface area contributed by atoms with Crippen molar-refractivity contribution in [2.75, 3.05) is 0 Å². The van der Waals surface area contributed by atoms with Gasteiger partial charge in [-0.1, -0.05) is 85.2 Å². The summed E-state index contributed by atoms with van der Waals surface area (Å²) in [6, 6.07) is 7.73. The van der Waals surface area contributed by atoms with Crippen LogP contribution in [-0.2, 0) is 11.2 Å². The van der Waals surface area contributed by atoms with Crippen LogP contribution in [-0.4, -0.2) is 16.7 Å². The highest BCUT2D eigenvalue weighted by atomic mass is 16.5. The summed E-state index contributed by atoms with van der Waals surface area (Å²) in [6.45, 7) is 14.5. The van der Waals surface area contributed by atoms with Gasteiger partial charge in [-0.15, -0.1) is 0 Å². The van der Waals surface area contributed by atoms with Crippen molar-refractivity contribution in [2.24, 2.45) is 16.7 Å². The first-order valence-corrected chi connectivity index (χ1v) is 10.3. The van der Waals surface area contributed by atoms with Crippen LogP contribution in [0, 0.1) is 16.7 Å². The number of para-hydroxylation sites is 1. The topological polar surface area (TPSA) is 46.5 Å². The van der Waals surface area contributed by atoms with Crippen LogP contribution in [0.2, 0.25) is 0 Å². The maximum absolute atomic E-state index is 12.9. The lowest BCUT2D eigenvalue weighted by molar-refractivity contribution is -0.130. The molecule has 0 aromatic heterocycles. The number of rotatable bonds is 5. The minimum absolute atomic E-state index is 0.206. The third-order valence-corrected chi connectivity index (χ3v) is 5.68. The molecular weight excluding hydrogens is 348 g/mol. The van der Waals surface area contributed by atoms with Crippen molar-refractivity contribution in [1.29, 1.82) is 0 Å². The minimum atomic E-state index is -1.03. The Morgan fingerprint density at radius 3 is 2.36 bits per heavy atom. The number of carbonyl (C=O) groups is 1. The molecule has 0 radical (unpaired) electrons. The van der Waals surface area contributed by atoms with Crippen molar-refractivity contribution in [3.8, 4) is 5.75 Å². The predicted octanol–water partition coefficient (Wildman–Crippen LogP) is 5.87. The van der Waals surface area contributed by atoms with Crippen LogP contribution in [0.25, 0.3) is 0 Å². The fraction of sp³-hybridized carbons (Fsp3) is 0.560. The normalized spacial score (nSPS) is 22.7. The Morgan fingerprint density at radius 1 is 1.14 bits per heavy atom. The Bertz CT molecular complexity index is 759. The van der Waals surface area contributed by atoms with Gasteiger partial charge in [0.2, 0.25) is 0 Å². The number of esters is 1. The van der Waals surface area contributed by atoms with E-state index in [1.807, 2.05) is 51.1 Å². The van der Waals surface area contributed by atoms with Gasteiger partial charge in [-0.25, -0.2) is 4.79 Å². The number of hydrogen-bond acceptors (Lipinski definition) is 3. The van der Waals surface area contributed by atoms with E-state index in [-0.39, 0.29) is 22.7 Å². The lowest BCUT2D eigenvalue weighted by Crippen LogP contribution is -2.52. The van der Waals surface area contributed by atoms with Crippen molar-refractivity contribution < 1.29 is 14.6 Å². The first kappa shape index (κ1) is 22.4. The number of aliphatic hydroxyl groups is 1. The molecule has 1 aliphatic carbocycles. The summed E-state index contributed by atoms with van der Waals surface area (Å²) in [6.07, 6.45) is 8.43. The molecule has 0 amide bonds. The smallest absolute Gasteiger partial charge is 0.343 e. The molecule has 0 fully saturated rings. The molecule has 3 nitrogen and oxygen atoms in total. The van der Waals surface area contributed by atoms with Gasteiger partial charge in [0.1, 0.15) is 5.75 Å². The molecular formula is C25H36O3. The minimum Gasteiger partial charge on any atom is -0.423 e. The van der Waals surface area contributed by atoms with Crippen molar-refractivity contribution in [1.82, 2.24) is 0 Å². The first-order valence-electron chi connectivity index (χ1n) is 10.3. The molecule has 0 heterocycles. The molecule has 28 heavy (non-hydrogen) atoms. The van der Waals surface area contributed by atoms with Gasteiger partial charge in [0.15, 0.2) is 0 Å². The summed E-state index contributed by atoms with van der Waals surface area (Å²) in [5.41, 5.74) is -0.0539. The number of ether oxygens (including phenoxy) is 1. The Balaban J connectivity index is 2.31. The number of aryl methyl sites for hydroxylation is 1. The SMILES string of the molecule is CCCCc1ccccc1OC(=O)C1=CC(C(C)(C)C)C(O)(C(C)(C)C)C=C1. The Labute approximate surface area is 170 Å². The quantitative estimate of drug-likeness (QED) is 0.510. The number of hydrogen-bond donors (Lipinski definition) is 1. The predicted molar refractivity (Wildman–Crippen MR) is 115 cm³/mol. The summed E-state index contributed by atoms with van der Waals surface area (Å²) in [5.74, 6) is 0.0486. The molecule has 0 bridgehead atoms. The molecule has 0 spiro atoms. The number of carbonyl (C=O) groups excluding carboxylic acids is 1. The van der Waals surface area contributed by atoms with Crippen molar-refractivity contribution in [3.63, 3.8) is 0 Å². The largest absolute Gasteiger partial charge is 0.423 e.